The maximum atomic E-state index is 12.7. The quantitative estimate of drug-likeness (QED) is 0.451. The fourth-order valence-corrected chi connectivity index (χ4v) is 5.52. The Hall–Kier alpha value is -3.19. The van der Waals surface area contributed by atoms with Crippen LogP contribution in [0.2, 0.25) is 0 Å². The molecule has 2 N–H and O–H groups in total. The molecule has 0 radical (unpaired) electrons. The van der Waals surface area contributed by atoms with Gasteiger partial charge in [-0.05, 0) is 61.0 Å². The molecular formula is C27H31N5OS. The summed E-state index contributed by atoms with van der Waals surface area (Å²) >= 11 is 5.76. The topological polar surface area (TPSA) is 62.2 Å². The average molecular weight is 474 g/mol. The average Bonchev–Trinajstić information content (AvgIpc) is 3.49. The number of pyridine rings is 1. The molecule has 2 aliphatic rings. The van der Waals surface area contributed by atoms with Gasteiger partial charge in [-0.25, -0.2) is 0 Å². The standard InChI is InChI=1S/C27H31N5OS/c33-24(29-21-9-3-1-4-10-21)15-18-32-26(25(30-27(32)34)23-13-7-8-16-28-23)20-14-17-31(19-20)22-11-5-2-6-12-22/h1,3-4,7-10,13-14,16-17,19,22,25-26H,2,5-6,11-12,15,18H2,(H,29,33)(H,30,34)/t25-,26+/m0/s1. The van der Waals surface area contributed by atoms with Gasteiger partial charge >= 0.3 is 0 Å². The number of hydrogen-bond donors (Lipinski definition) is 2. The minimum Gasteiger partial charge on any atom is -0.352 e. The van der Waals surface area contributed by atoms with Crippen LogP contribution in [-0.4, -0.2) is 32.0 Å². The molecule has 3 heterocycles. The van der Waals surface area contributed by atoms with Gasteiger partial charge in [-0.3, -0.25) is 9.78 Å². The summed E-state index contributed by atoms with van der Waals surface area (Å²) in [5, 5.41) is 7.13. The van der Waals surface area contributed by atoms with E-state index in [9.17, 15) is 4.79 Å². The fraction of sp³-hybridized carbons (Fsp3) is 0.370. The Kier molecular flexibility index (Phi) is 6.90. The number of anilines is 1. The van der Waals surface area contributed by atoms with Crippen LogP contribution in [0.15, 0.2) is 73.2 Å². The van der Waals surface area contributed by atoms with Crippen molar-refractivity contribution in [2.75, 3.05) is 11.9 Å². The van der Waals surface area contributed by atoms with E-state index in [1.54, 1.807) is 0 Å². The summed E-state index contributed by atoms with van der Waals surface area (Å²) in [7, 11) is 0. The molecule has 0 unspecified atom stereocenters. The third-order valence-corrected chi connectivity index (χ3v) is 7.26. The monoisotopic (exact) mass is 473 g/mol. The van der Waals surface area contributed by atoms with Crippen molar-refractivity contribution in [3.8, 4) is 0 Å². The summed E-state index contributed by atoms with van der Waals surface area (Å²) in [6, 6.07) is 18.2. The molecular weight excluding hydrogens is 442 g/mol. The molecule has 6 nitrogen and oxygen atoms in total. The van der Waals surface area contributed by atoms with Crippen LogP contribution in [0.4, 0.5) is 5.69 Å². The van der Waals surface area contributed by atoms with Crippen LogP contribution in [0.5, 0.6) is 0 Å². The van der Waals surface area contributed by atoms with Crippen molar-refractivity contribution >= 4 is 28.9 Å². The summed E-state index contributed by atoms with van der Waals surface area (Å²) in [6.07, 6.45) is 13.1. The van der Waals surface area contributed by atoms with Crippen LogP contribution < -0.4 is 10.6 Å². The summed E-state index contributed by atoms with van der Waals surface area (Å²) in [6.45, 7) is 0.535. The highest BCUT2D eigenvalue weighted by Crippen LogP contribution is 2.39. The second-order valence-electron chi connectivity index (χ2n) is 9.17. The SMILES string of the molecule is O=C(CCN1C(=S)N[C@@H](c2ccccn2)[C@H]1c1ccn(C2CCCCC2)c1)Nc1ccccc1. The van der Waals surface area contributed by atoms with Crippen LogP contribution in [0.3, 0.4) is 0 Å². The minimum atomic E-state index is -0.0620. The number of hydrogen-bond acceptors (Lipinski definition) is 3. The Morgan fingerprint density at radius 1 is 1.06 bits per heavy atom. The molecule has 1 saturated heterocycles. The second-order valence-corrected chi connectivity index (χ2v) is 9.55. The summed E-state index contributed by atoms with van der Waals surface area (Å²) in [4.78, 5) is 19.4. The van der Waals surface area contributed by atoms with Gasteiger partial charge in [0, 0.05) is 43.3 Å². The number of nitrogens with zero attached hydrogens (tertiary/aromatic N) is 3. The van der Waals surface area contributed by atoms with E-state index in [2.05, 4.69) is 43.5 Å². The zero-order valence-electron chi connectivity index (χ0n) is 19.3. The van der Waals surface area contributed by atoms with Gasteiger partial charge in [0.1, 0.15) is 0 Å². The van der Waals surface area contributed by atoms with Crippen molar-refractivity contribution in [1.82, 2.24) is 19.8 Å². The molecule has 0 bridgehead atoms. The molecule has 3 aromatic rings. The molecule has 1 aliphatic heterocycles. The number of rotatable bonds is 7. The molecule has 1 amide bonds. The Labute approximate surface area is 206 Å². The van der Waals surface area contributed by atoms with E-state index in [0.717, 1.165) is 11.4 Å². The highest BCUT2D eigenvalue weighted by Gasteiger charge is 2.40. The van der Waals surface area contributed by atoms with Gasteiger partial charge in [-0.15, -0.1) is 0 Å². The van der Waals surface area contributed by atoms with E-state index in [1.165, 1.54) is 37.7 Å². The zero-order chi connectivity index (χ0) is 23.3. The van der Waals surface area contributed by atoms with E-state index in [4.69, 9.17) is 12.2 Å². The van der Waals surface area contributed by atoms with E-state index in [-0.39, 0.29) is 18.0 Å². The van der Waals surface area contributed by atoms with Gasteiger partial charge in [0.2, 0.25) is 5.91 Å². The van der Waals surface area contributed by atoms with Gasteiger partial charge in [0.15, 0.2) is 5.11 Å². The lowest BCUT2D eigenvalue weighted by molar-refractivity contribution is -0.116. The second kappa shape index (κ2) is 10.4. The highest BCUT2D eigenvalue weighted by molar-refractivity contribution is 7.80. The number of thiocarbonyl (C=S) groups is 1. The van der Waals surface area contributed by atoms with Crippen molar-refractivity contribution in [2.45, 2.75) is 56.7 Å². The van der Waals surface area contributed by atoms with Crippen LogP contribution >= 0.6 is 12.2 Å². The Morgan fingerprint density at radius 3 is 2.62 bits per heavy atom. The molecule has 2 fully saturated rings. The van der Waals surface area contributed by atoms with Crippen LogP contribution in [-0.2, 0) is 4.79 Å². The summed E-state index contributed by atoms with van der Waals surface area (Å²) < 4.78 is 2.38. The van der Waals surface area contributed by atoms with Crippen molar-refractivity contribution in [3.05, 3.63) is 84.4 Å². The van der Waals surface area contributed by atoms with E-state index >= 15 is 0 Å². The van der Waals surface area contributed by atoms with Crippen LogP contribution in [0, 0.1) is 0 Å². The summed E-state index contributed by atoms with van der Waals surface area (Å²) in [5.41, 5.74) is 2.97. The zero-order valence-corrected chi connectivity index (χ0v) is 20.1. The normalized spacial score (nSPS) is 20.8. The smallest absolute Gasteiger partial charge is 0.226 e. The van der Waals surface area contributed by atoms with E-state index < -0.39 is 0 Å². The molecule has 0 spiro atoms. The Balaban J connectivity index is 1.36. The Bertz CT molecular complexity index is 1110. The maximum Gasteiger partial charge on any atom is 0.226 e. The molecule has 34 heavy (non-hydrogen) atoms. The van der Waals surface area contributed by atoms with Crippen LogP contribution in [0.1, 0.15) is 67.9 Å². The Morgan fingerprint density at radius 2 is 1.85 bits per heavy atom. The number of carbonyl (C=O) groups is 1. The molecule has 1 aromatic carbocycles. The molecule has 7 heteroatoms. The first-order valence-electron chi connectivity index (χ1n) is 12.2. The molecule has 2 atom stereocenters. The first kappa shape index (κ1) is 22.6. The number of amides is 1. The van der Waals surface area contributed by atoms with Gasteiger partial charge in [-0.1, -0.05) is 43.5 Å². The lowest BCUT2D eigenvalue weighted by Gasteiger charge is -2.27. The van der Waals surface area contributed by atoms with E-state index in [0.29, 0.717) is 24.1 Å². The first-order chi connectivity index (χ1) is 16.7. The third kappa shape index (κ3) is 4.99. The largest absolute Gasteiger partial charge is 0.352 e. The number of nitrogens with one attached hydrogen (secondary N) is 2. The van der Waals surface area contributed by atoms with Crippen molar-refractivity contribution in [1.29, 1.82) is 0 Å². The maximum absolute atomic E-state index is 12.7. The lowest BCUT2D eigenvalue weighted by atomic mass is 9.95. The van der Waals surface area contributed by atoms with Crippen molar-refractivity contribution in [2.24, 2.45) is 0 Å². The highest BCUT2D eigenvalue weighted by atomic mass is 32.1. The number of para-hydroxylation sites is 1. The molecule has 1 saturated carbocycles. The van der Waals surface area contributed by atoms with Gasteiger partial charge in [0.25, 0.3) is 0 Å². The number of aromatic nitrogens is 2. The van der Waals surface area contributed by atoms with E-state index in [1.807, 2.05) is 54.7 Å². The van der Waals surface area contributed by atoms with Gasteiger partial charge < -0.3 is 20.1 Å². The minimum absolute atomic E-state index is 0.0169. The third-order valence-electron chi connectivity index (χ3n) is 6.91. The van der Waals surface area contributed by atoms with Crippen molar-refractivity contribution < 1.29 is 4.79 Å². The lowest BCUT2D eigenvalue weighted by Crippen LogP contribution is -2.32. The number of carbonyl (C=O) groups excluding carboxylic acids is 1. The van der Waals surface area contributed by atoms with Crippen molar-refractivity contribution in [3.63, 3.8) is 0 Å². The molecule has 2 aromatic heterocycles. The summed E-state index contributed by atoms with van der Waals surface area (Å²) in [5.74, 6) is -0.0196. The molecule has 176 valence electrons. The predicted molar refractivity (Wildman–Crippen MR) is 138 cm³/mol. The predicted octanol–water partition coefficient (Wildman–Crippen LogP) is 5.39. The molecule has 5 rings (SSSR count). The van der Waals surface area contributed by atoms with Gasteiger partial charge in [-0.2, -0.15) is 0 Å². The first-order valence-corrected chi connectivity index (χ1v) is 12.6. The molecule has 1 aliphatic carbocycles. The fourth-order valence-electron chi connectivity index (χ4n) is 5.19. The number of benzene rings is 1. The van der Waals surface area contributed by atoms with Gasteiger partial charge in [0.05, 0.1) is 17.8 Å². The van der Waals surface area contributed by atoms with Crippen LogP contribution in [0.25, 0.3) is 0 Å².